The van der Waals surface area contributed by atoms with Crippen molar-refractivity contribution in [1.29, 1.82) is 0 Å². The van der Waals surface area contributed by atoms with Gasteiger partial charge in [0.15, 0.2) is 17.5 Å². The number of aromatic nitrogens is 3. The van der Waals surface area contributed by atoms with Gasteiger partial charge in [0.1, 0.15) is 5.52 Å². The fourth-order valence-electron chi connectivity index (χ4n) is 2.37. The van der Waals surface area contributed by atoms with Crippen LogP contribution in [0.3, 0.4) is 0 Å². The van der Waals surface area contributed by atoms with E-state index in [9.17, 15) is 18.3 Å². The van der Waals surface area contributed by atoms with Gasteiger partial charge in [-0.25, -0.2) is 13.2 Å². The first-order valence-corrected chi connectivity index (χ1v) is 7.51. The molecule has 0 saturated heterocycles. The number of fused-ring (bicyclic) bond motifs is 1. The van der Waals surface area contributed by atoms with Crippen LogP contribution in [0.4, 0.5) is 13.2 Å². The Morgan fingerprint density at radius 1 is 1.04 bits per heavy atom. The summed E-state index contributed by atoms with van der Waals surface area (Å²) >= 11 is 0. The molecular weight excluding hydrogens is 319 g/mol. The van der Waals surface area contributed by atoms with E-state index in [1.165, 1.54) is 6.20 Å². The van der Waals surface area contributed by atoms with E-state index in [1.807, 2.05) is 13.8 Å². The average molecular weight is 335 g/mol. The van der Waals surface area contributed by atoms with Gasteiger partial charge in [-0.1, -0.05) is 13.8 Å². The lowest BCUT2D eigenvalue weighted by molar-refractivity contribution is 0.104. The number of pyridine rings is 1. The van der Waals surface area contributed by atoms with Gasteiger partial charge < -0.3 is 5.11 Å². The first kappa shape index (κ1) is 16.4. The van der Waals surface area contributed by atoms with Crippen molar-refractivity contribution in [2.45, 2.75) is 26.5 Å². The predicted molar refractivity (Wildman–Crippen MR) is 83.7 cm³/mol. The molecule has 2 aromatic heterocycles. The summed E-state index contributed by atoms with van der Waals surface area (Å²) in [7, 11) is 0. The first-order valence-electron chi connectivity index (χ1n) is 7.51. The molecule has 0 aliphatic rings. The maximum Gasteiger partial charge on any atom is 0.194 e. The van der Waals surface area contributed by atoms with Crippen LogP contribution in [0.2, 0.25) is 0 Å². The predicted octanol–water partition coefficient (Wildman–Crippen LogP) is 3.53. The second kappa shape index (κ2) is 6.24. The fraction of sp³-hybridized carbons (Fsp3) is 0.294. The van der Waals surface area contributed by atoms with Gasteiger partial charge in [-0.3, -0.25) is 9.67 Å². The van der Waals surface area contributed by atoms with E-state index in [4.69, 9.17) is 0 Å². The van der Waals surface area contributed by atoms with Crippen molar-refractivity contribution < 1.29 is 18.3 Å². The fourth-order valence-corrected chi connectivity index (χ4v) is 2.37. The SMILES string of the molecule is CC(C)C(O)Cn1ncc2ncc(-c3cc(F)c(F)c(F)c3)cc21. The molecule has 3 aromatic rings. The third-order valence-corrected chi connectivity index (χ3v) is 3.94. The minimum Gasteiger partial charge on any atom is -0.391 e. The van der Waals surface area contributed by atoms with Crippen LogP contribution < -0.4 is 0 Å². The number of aliphatic hydroxyl groups excluding tert-OH is 1. The number of hydrogen-bond acceptors (Lipinski definition) is 3. The summed E-state index contributed by atoms with van der Waals surface area (Å²) in [6, 6.07) is 3.50. The number of halogens is 3. The highest BCUT2D eigenvalue weighted by Gasteiger charge is 2.15. The molecule has 0 fully saturated rings. The van der Waals surface area contributed by atoms with Crippen LogP contribution in [0, 0.1) is 23.4 Å². The molecule has 1 unspecified atom stereocenters. The second-order valence-electron chi connectivity index (χ2n) is 6.02. The van der Waals surface area contributed by atoms with Crippen molar-refractivity contribution in [3.05, 3.63) is 48.0 Å². The lowest BCUT2D eigenvalue weighted by Gasteiger charge is -2.15. The molecule has 0 aliphatic carbocycles. The molecule has 0 radical (unpaired) electrons. The summed E-state index contributed by atoms with van der Waals surface area (Å²) in [6.45, 7) is 4.06. The van der Waals surface area contributed by atoms with Crippen molar-refractivity contribution in [2.75, 3.05) is 0 Å². The Kier molecular flexibility index (Phi) is 4.28. The standard InChI is InChI=1S/C17H16F3N3O/c1-9(2)16(24)8-23-15-5-11(6-21-14(15)7-22-23)10-3-12(18)17(20)13(19)4-10/h3-7,9,16,24H,8H2,1-2H3. The van der Waals surface area contributed by atoms with E-state index in [-0.39, 0.29) is 18.0 Å². The Morgan fingerprint density at radius 3 is 2.33 bits per heavy atom. The van der Waals surface area contributed by atoms with E-state index < -0.39 is 23.6 Å². The quantitative estimate of drug-likeness (QED) is 0.742. The van der Waals surface area contributed by atoms with Gasteiger partial charge in [0.2, 0.25) is 0 Å². The summed E-state index contributed by atoms with van der Waals surface area (Å²) in [4.78, 5) is 4.21. The third-order valence-electron chi connectivity index (χ3n) is 3.94. The highest BCUT2D eigenvalue weighted by molar-refractivity contribution is 5.80. The maximum absolute atomic E-state index is 13.4. The van der Waals surface area contributed by atoms with E-state index in [0.717, 1.165) is 12.1 Å². The molecule has 1 atom stereocenters. The Bertz CT molecular complexity index is 869. The Labute approximate surface area is 136 Å². The van der Waals surface area contributed by atoms with Crippen LogP contribution in [-0.4, -0.2) is 26.0 Å². The van der Waals surface area contributed by atoms with Gasteiger partial charge in [0.25, 0.3) is 0 Å². The van der Waals surface area contributed by atoms with Crippen LogP contribution >= 0.6 is 0 Å². The van der Waals surface area contributed by atoms with Gasteiger partial charge in [0, 0.05) is 11.8 Å². The minimum absolute atomic E-state index is 0.0562. The Hall–Kier alpha value is -2.41. The summed E-state index contributed by atoms with van der Waals surface area (Å²) in [5.41, 5.74) is 1.83. The smallest absolute Gasteiger partial charge is 0.194 e. The first-order chi connectivity index (χ1) is 11.4. The molecule has 0 spiro atoms. The molecule has 24 heavy (non-hydrogen) atoms. The largest absolute Gasteiger partial charge is 0.391 e. The topological polar surface area (TPSA) is 50.9 Å². The summed E-state index contributed by atoms with van der Waals surface area (Å²) < 4.78 is 41.6. The second-order valence-corrected chi connectivity index (χ2v) is 6.02. The zero-order chi connectivity index (χ0) is 17.4. The molecule has 1 N–H and O–H groups in total. The molecule has 126 valence electrons. The number of aliphatic hydroxyl groups is 1. The number of benzene rings is 1. The molecule has 7 heteroatoms. The van der Waals surface area contributed by atoms with Crippen molar-refractivity contribution >= 4 is 11.0 Å². The van der Waals surface area contributed by atoms with Crippen LogP contribution in [0.5, 0.6) is 0 Å². The van der Waals surface area contributed by atoms with Gasteiger partial charge >= 0.3 is 0 Å². The number of nitrogens with zero attached hydrogens (tertiary/aromatic N) is 3. The van der Waals surface area contributed by atoms with E-state index >= 15 is 0 Å². The van der Waals surface area contributed by atoms with Crippen LogP contribution in [0.1, 0.15) is 13.8 Å². The number of hydrogen-bond donors (Lipinski definition) is 1. The monoisotopic (exact) mass is 335 g/mol. The summed E-state index contributed by atoms with van der Waals surface area (Å²) in [5, 5.41) is 14.2. The zero-order valence-corrected chi connectivity index (χ0v) is 13.2. The molecule has 0 aliphatic heterocycles. The van der Waals surface area contributed by atoms with Gasteiger partial charge in [-0.15, -0.1) is 0 Å². The maximum atomic E-state index is 13.4. The highest BCUT2D eigenvalue weighted by Crippen LogP contribution is 2.26. The van der Waals surface area contributed by atoms with E-state index in [0.29, 0.717) is 16.6 Å². The van der Waals surface area contributed by atoms with Crippen LogP contribution in [-0.2, 0) is 6.54 Å². The van der Waals surface area contributed by atoms with Crippen LogP contribution in [0.25, 0.3) is 22.2 Å². The van der Waals surface area contributed by atoms with Crippen molar-refractivity contribution in [3.63, 3.8) is 0 Å². The van der Waals surface area contributed by atoms with E-state index in [1.54, 1.807) is 16.9 Å². The lowest BCUT2D eigenvalue weighted by Crippen LogP contribution is -2.22. The van der Waals surface area contributed by atoms with Gasteiger partial charge in [-0.05, 0) is 29.7 Å². The summed E-state index contributed by atoms with van der Waals surface area (Å²) in [6.07, 6.45) is 2.41. The lowest BCUT2D eigenvalue weighted by atomic mass is 10.1. The normalized spacial score (nSPS) is 13.0. The third kappa shape index (κ3) is 2.99. The molecule has 0 saturated carbocycles. The molecule has 0 bridgehead atoms. The molecule has 1 aromatic carbocycles. The van der Waals surface area contributed by atoms with Crippen LogP contribution in [0.15, 0.2) is 30.6 Å². The Balaban J connectivity index is 2.05. The van der Waals surface area contributed by atoms with Crippen molar-refractivity contribution in [2.24, 2.45) is 5.92 Å². The zero-order valence-electron chi connectivity index (χ0n) is 13.2. The Morgan fingerprint density at radius 2 is 1.71 bits per heavy atom. The molecular formula is C17H16F3N3O. The molecule has 0 amide bonds. The van der Waals surface area contributed by atoms with E-state index in [2.05, 4.69) is 10.1 Å². The molecule has 3 rings (SSSR count). The summed E-state index contributed by atoms with van der Waals surface area (Å²) in [5.74, 6) is -3.96. The highest BCUT2D eigenvalue weighted by atomic mass is 19.2. The van der Waals surface area contributed by atoms with Gasteiger partial charge in [-0.2, -0.15) is 5.10 Å². The van der Waals surface area contributed by atoms with Gasteiger partial charge in [0.05, 0.1) is 24.4 Å². The average Bonchev–Trinajstić information content (AvgIpc) is 2.94. The van der Waals surface area contributed by atoms with Crippen molar-refractivity contribution in [1.82, 2.24) is 14.8 Å². The molecule has 4 nitrogen and oxygen atoms in total. The number of rotatable bonds is 4. The minimum atomic E-state index is -1.50. The molecule has 2 heterocycles. The van der Waals surface area contributed by atoms with Crippen molar-refractivity contribution in [3.8, 4) is 11.1 Å².